The molecule has 4 rings (SSSR count). The molecule has 0 unspecified atom stereocenters. The van der Waals surface area contributed by atoms with E-state index in [1.54, 1.807) is 0 Å². The number of hydrogen-bond acceptors (Lipinski definition) is 0. The van der Waals surface area contributed by atoms with Crippen molar-refractivity contribution in [3.8, 4) is 0 Å². The average molecular weight is 416 g/mol. The Morgan fingerprint density at radius 3 is 1.26 bits per heavy atom. The molecular weight excluding hydrogens is 374 g/mol. The molecule has 1 aromatic heterocycles. The van der Waals surface area contributed by atoms with E-state index in [0.29, 0.717) is 0 Å². The van der Waals surface area contributed by atoms with E-state index in [1.807, 2.05) is 32.0 Å². The van der Waals surface area contributed by atoms with Crippen LogP contribution in [-0.4, -0.2) is 4.57 Å². The maximum atomic E-state index is 2.38. The number of fused-ring (bicyclic) bond motifs is 3. The molecule has 3 aromatic carbocycles. The Morgan fingerprint density at radius 1 is 0.581 bits per heavy atom. The Bertz CT molecular complexity index is 1050. The molecule has 0 bridgehead atoms. The van der Waals surface area contributed by atoms with Gasteiger partial charge in [-0.25, -0.2) is 0 Å². The highest BCUT2D eigenvalue weighted by Gasteiger charge is 2.18. The van der Waals surface area contributed by atoms with Gasteiger partial charge >= 0.3 is 0 Å². The van der Waals surface area contributed by atoms with Gasteiger partial charge in [0.1, 0.15) is 0 Å². The van der Waals surface area contributed by atoms with Gasteiger partial charge in [-0.05, 0) is 53.1 Å². The number of hydrogen-bond donors (Lipinski definition) is 0. The van der Waals surface area contributed by atoms with Crippen molar-refractivity contribution in [2.75, 3.05) is 0 Å². The Kier molecular flexibility index (Phi) is 7.76. The molecule has 0 N–H and O–H groups in total. The summed E-state index contributed by atoms with van der Waals surface area (Å²) in [4.78, 5) is 0. The summed E-state index contributed by atoms with van der Waals surface area (Å²) in [6.07, 6.45) is 0. The van der Waals surface area contributed by atoms with Gasteiger partial charge in [0.05, 0.1) is 0 Å². The van der Waals surface area contributed by atoms with Crippen LogP contribution in [0.3, 0.4) is 0 Å². The van der Waals surface area contributed by atoms with E-state index in [4.69, 9.17) is 0 Å². The van der Waals surface area contributed by atoms with Gasteiger partial charge in [0.2, 0.25) is 0 Å². The molecule has 0 atom stereocenters. The summed E-state index contributed by atoms with van der Waals surface area (Å²) in [6.45, 7) is 19.7. The van der Waals surface area contributed by atoms with Crippen LogP contribution in [0.5, 0.6) is 0 Å². The molecule has 1 heterocycles. The zero-order valence-corrected chi connectivity index (χ0v) is 21.3. The maximum Gasteiger partial charge on any atom is 0.0488 e. The van der Waals surface area contributed by atoms with Gasteiger partial charge in [0, 0.05) is 28.9 Å². The van der Waals surface area contributed by atoms with Crippen LogP contribution in [0.4, 0.5) is 0 Å². The molecule has 31 heavy (non-hydrogen) atoms. The SMILES string of the molecule is CC.Cc1ccccc1.Cn1c2ccc(C(C)(C)C)cc2c2cc(C(C)(C)C)ccc21. The van der Waals surface area contributed by atoms with E-state index in [0.717, 1.165) is 0 Å². The standard InChI is InChI=1S/C21H27N.C7H8.C2H6/c1-20(2,3)14-8-10-18-16(12-14)17-13-15(21(4,5)6)9-11-19(17)22(18)7;1-7-5-3-2-4-6-7;1-2/h8-13H,1-7H3;2-6H,1H3;1-2H3. The van der Waals surface area contributed by atoms with E-state index in [-0.39, 0.29) is 10.8 Å². The molecule has 0 aliphatic heterocycles. The summed E-state index contributed by atoms with van der Waals surface area (Å²) in [5.74, 6) is 0. The van der Waals surface area contributed by atoms with E-state index < -0.39 is 0 Å². The third-order valence-corrected chi connectivity index (χ3v) is 5.68. The van der Waals surface area contributed by atoms with Crippen LogP contribution in [0.25, 0.3) is 21.8 Å². The summed E-state index contributed by atoms with van der Waals surface area (Å²) in [6, 6.07) is 24.1. The third-order valence-electron chi connectivity index (χ3n) is 5.68. The molecule has 0 aliphatic carbocycles. The zero-order chi connectivity index (χ0) is 23.4. The van der Waals surface area contributed by atoms with Gasteiger partial charge in [-0.2, -0.15) is 0 Å². The van der Waals surface area contributed by atoms with E-state index in [9.17, 15) is 0 Å². The maximum absolute atomic E-state index is 2.38. The summed E-state index contributed by atoms with van der Waals surface area (Å²) < 4.78 is 2.31. The molecule has 166 valence electrons. The first-order chi connectivity index (χ1) is 14.5. The van der Waals surface area contributed by atoms with E-state index in [2.05, 4.69) is 109 Å². The average Bonchev–Trinajstić information content (AvgIpc) is 3.01. The minimum atomic E-state index is 0.179. The number of benzene rings is 3. The van der Waals surface area contributed by atoms with Crippen molar-refractivity contribution in [2.45, 2.75) is 73.1 Å². The predicted molar refractivity (Wildman–Crippen MR) is 140 cm³/mol. The number of aromatic nitrogens is 1. The molecule has 0 radical (unpaired) electrons. The Morgan fingerprint density at radius 2 is 0.968 bits per heavy atom. The first kappa shape index (κ1) is 24.7. The lowest BCUT2D eigenvalue weighted by molar-refractivity contribution is 0.590. The second-order valence-electron chi connectivity index (χ2n) is 10.2. The van der Waals surface area contributed by atoms with Crippen molar-refractivity contribution >= 4 is 21.8 Å². The first-order valence-corrected chi connectivity index (χ1v) is 11.5. The van der Waals surface area contributed by atoms with Crippen LogP contribution in [0.15, 0.2) is 66.7 Å². The summed E-state index contributed by atoms with van der Waals surface area (Å²) >= 11 is 0. The van der Waals surface area contributed by atoms with Crippen LogP contribution in [0.2, 0.25) is 0 Å². The highest BCUT2D eigenvalue weighted by atomic mass is 14.9. The van der Waals surface area contributed by atoms with Gasteiger partial charge < -0.3 is 4.57 Å². The fraction of sp³-hybridized carbons (Fsp3) is 0.400. The van der Waals surface area contributed by atoms with Gasteiger partial charge in [0.25, 0.3) is 0 Å². The van der Waals surface area contributed by atoms with Crippen molar-refractivity contribution in [3.63, 3.8) is 0 Å². The van der Waals surface area contributed by atoms with Crippen LogP contribution in [0, 0.1) is 6.92 Å². The fourth-order valence-corrected chi connectivity index (χ4v) is 3.69. The molecular formula is C30H41N. The molecule has 0 aliphatic rings. The monoisotopic (exact) mass is 415 g/mol. The lowest BCUT2D eigenvalue weighted by Crippen LogP contribution is -2.10. The van der Waals surface area contributed by atoms with Crippen molar-refractivity contribution in [2.24, 2.45) is 7.05 Å². The van der Waals surface area contributed by atoms with Gasteiger partial charge in [-0.15, -0.1) is 0 Å². The predicted octanol–water partition coefficient (Wildman–Crippen LogP) is 8.95. The lowest BCUT2D eigenvalue weighted by Gasteiger charge is -2.19. The van der Waals surface area contributed by atoms with Crippen molar-refractivity contribution in [3.05, 3.63) is 83.4 Å². The minimum absolute atomic E-state index is 0.179. The van der Waals surface area contributed by atoms with E-state index in [1.165, 1.54) is 38.5 Å². The quantitative estimate of drug-likeness (QED) is 0.270. The number of nitrogens with zero attached hydrogens (tertiary/aromatic N) is 1. The number of rotatable bonds is 0. The molecule has 1 heteroatoms. The van der Waals surface area contributed by atoms with Crippen LogP contribution < -0.4 is 0 Å². The molecule has 1 nitrogen and oxygen atoms in total. The lowest BCUT2D eigenvalue weighted by atomic mass is 9.85. The zero-order valence-electron chi connectivity index (χ0n) is 21.3. The molecule has 0 spiro atoms. The second kappa shape index (κ2) is 9.73. The highest BCUT2D eigenvalue weighted by Crippen LogP contribution is 2.35. The Labute approximate surface area is 190 Å². The Balaban J connectivity index is 0.000000319. The molecule has 4 aromatic rings. The fourth-order valence-electron chi connectivity index (χ4n) is 3.69. The van der Waals surface area contributed by atoms with Gasteiger partial charge in [0.15, 0.2) is 0 Å². The topological polar surface area (TPSA) is 4.93 Å². The van der Waals surface area contributed by atoms with Crippen molar-refractivity contribution in [1.29, 1.82) is 0 Å². The largest absolute Gasteiger partial charge is 0.344 e. The second-order valence-corrected chi connectivity index (χ2v) is 10.2. The van der Waals surface area contributed by atoms with E-state index >= 15 is 0 Å². The normalized spacial score (nSPS) is 11.5. The van der Waals surface area contributed by atoms with Crippen LogP contribution in [0.1, 0.15) is 72.1 Å². The first-order valence-electron chi connectivity index (χ1n) is 11.5. The molecule has 0 fully saturated rings. The smallest absolute Gasteiger partial charge is 0.0488 e. The van der Waals surface area contributed by atoms with Crippen molar-refractivity contribution in [1.82, 2.24) is 4.57 Å². The van der Waals surface area contributed by atoms with Gasteiger partial charge in [-0.1, -0.05) is 103 Å². The number of aryl methyl sites for hydroxylation is 2. The highest BCUT2D eigenvalue weighted by molar-refractivity contribution is 6.08. The van der Waals surface area contributed by atoms with Crippen molar-refractivity contribution < 1.29 is 0 Å². The molecule has 0 saturated carbocycles. The minimum Gasteiger partial charge on any atom is -0.344 e. The van der Waals surface area contributed by atoms with Crippen LogP contribution in [-0.2, 0) is 17.9 Å². The summed E-state index contributed by atoms with van der Waals surface area (Å²) in [5, 5.41) is 2.74. The van der Waals surface area contributed by atoms with Gasteiger partial charge in [-0.3, -0.25) is 0 Å². The van der Waals surface area contributed by atoms with Crippen LogP contribution >= 0.6 is 0 Å². The molecule has 0 amide bonds. The Hall–Kier alpha value is -2.54. The summed E-state index contributed by atoms with van der Waals surface area (Å²) in [7, 11) is 2.16. The summed E-state index contributed by atoms with van der Waals surface area (Å²) in [5.41, 5.74) is 7.10. The third kappa shape index (κ3) is 5.79. The molecule has 0 saturated heterocycles.